The van der Waals surface area contributed by atoms with Gasteiger partial charge >= 0.3 is 0 Å². The van der Waals surface area contributed by atoms with Gasteiger partial charge in [-0.25, -0.2) is 12.8 Å². The highest BCUT2D eigenvalue weighted by atomic mass is 32.2. The van der Waals surface area contributed by atoms with Crippen molar-refractivity contribution in [2.24, 2.45) is 0 Å². The molecule has 0 unspecified atom stereocenters. The molecular weight excluding hydrogens is 379 g/mol. The SMILES string of the molecule is CN(C)c1oc(-c2ccc(C(C)(C)C)cc2)nc1S(=O)(=O)c1ccc(F)cc1. The molecule has 0 aliphatic rings. The van der Waals surface area contributed by atoms with Gasteiger partial charge in [0.2, 0.25) is 26.6 Å². The lowest BCUT2D eigenvalue weighted by atomic mass is 9.87. The Bertz CT molecular complexity index is 1080. The van der Waals surface area contributed by atoms with Gasteiger partial charge in [-0.05, 0) is 47.4 Å². The van der Waals surface area contributed by atoms with Crippen molar-refractivity contribution in [2.45, 2.75) is 36.1 Å². The van der Waals surface area contributed by atoms with Crippen LogP contribution in [-0.4, -0.2) is 27.5 Å². The molecule has 3 rings (SSSR count). The zero-order chi connectivity index (χ0) is 20.7. The molecule has 3 aromatic rings. The van der Waals surface area contributed by atoms with Crippen molar-refractivity contribution in [3.63, 3.8) is 0 Å². The molecule has 0 fully saturated rings. The summed E-state index contributed by atoms with van der Waals surface area (Å²) in [5, 5.41) is -0.195. The van der Waals surface area contributed by atoms with E-state index in [9.17, 15) is 12.8 Å². The smallest absolute Gasteiger partial charge is 0.235 e. The van der Waals surface area contributed by atoms with Crippen molar-refractivity contribution in [1.82, 2.24) is 4.98 Å². The fraction of sp³-hybridized carbons (Fsp3) is 0.286. The molecule has 0 radical (unpaired) electrons. The Morgan fingerprint density at radius 1 is 0.964 bits per heavy atom. The molecule has 0 aliphatic carbocycles. The van der Waals surface area contributed by atoms with Crippen LogP contribution in [0.5, 0.6) is 0 Å². The van der Waals surface area contributed by atoms with Gasteiger partial charge in [0.15, 0.2) is 0 Å². The molecule has 0 N–H and O–H groups in total. The van der Waals surface area contributed by atoms with E-state index in [4.69, 9.17) is 4.42 Å². The van der Waals surface area contributed by atoms with Crippen LogP contribution in [0.15, 0.2) is 62.9 Å². The molecule has 0 atom stereocenters. The number of benzene rings is 2. The second-order valence-corrected chi connectivity index (χ2v) is 9.67. The zero-order valence-electron chi connectivity index (χ0n) is 16.5. The number of aromatic nitrogens is 1. The Morgan fingerprint density at radius 2 is 1.54 bits per heavy atom. The van der Waals surface area contributed by atoms with Crippen LogP contribution in [0.2, 0.25) is 0 Å². The lowest BCUT2D eigenvalue weighted by molar-refractivity contribution is 0.563. The summed E-state index contributed by atoms with van der Waals surface area (Å²) in [6, 6.07) is 12.3. The summed E-state index contributed by atoms with van der Waals surface area (Å²) in [7, 11) is -0.609. The van der Waals surface area contributed by atoms with E-state index in [1.54, 1.807) is 19.0 Å². The second kappa shape index (κ2) is 7.05. The van der Waals surface area contributed by atoms with E-state index in [1.807, 2.05) is 24.3 Å². The average Bonchev–Trinajstić information content (AvgIpc) is 3.08. The molecule has 0 amide bonds. The van der Waals surface area contributed by atoms with Gasteiger partial charge in [0, 0.05) is 19.7 Å². The van der Waals surface area contributed by atoms with Crippen molar-refractivity contribution >= 4 is 15.7 Å². The maximum atomic E-state index is 13.2. The molecule has 1 aromatic heterocycles. The number of nitrogens with zero attached hydrogens (tertiary/aromatic N) is 2. The van der Waals surface area contributed by atoms with Gasteiger partial charge < -0.3 is 9.32 Å². The fourth-order valence-corrected chi connectivity index (χ4v) is 4.09. The van der Waals surface area contributed by atoms with E-state index < -0.39 is 15.7 Å². The summed E-state index contributed by atoms with van der Waals surface area (Å²) in [5.41, 5.74) is 1.83. The number of rotatable bonds is 4. The van der Waals surface area contributed by atoms with E-state index in [-0.39, 0.29) is 27.1 Å². The minimum Gasteiger partial charge on any atom is -0.419 e. The van der Waals surface area contributed by atoms with Crippen LogP contribution in [0.4, 0.5) is 10.3 Å². The number of hydrogen-bond acceptors (Lipinski definition) is 5. The monoisotopic (exact) mass is 402 g/mol. The number of halogens is 1. The average molecular weight is 402 g/mol. The van der Waals surface area contributed by atoms with Crippen LogP contribution in [0.25, 0.3) is 11.5 Å². The van der Waals surface area contributed by atoms with Crippen molar-refractivity contribution in [1.29, 1.82) is 0 Å². The van der Waals surface area contributed by atoms with E-state index in [1.165, 1.54) is 12.1 Å². The first kappa shape index (κ1) is 20.1. The lowest BCUT2D eigenvalue weighted by Crippen LogP contribution is -2.13. The molecule has 0 bridgehead atoms. The van der Waals surface area contributed by atoms with E-state index in [2.05, 4.69) is 25.8 Å². The van der Waals surface area contributed by atoms with Crippen LogP contribution in [0.3, 0.4) is 0 Å². The Kier molecular flexibility index (Phi) is 5.06. The van der Waals surface area contributed by atoms with Crippen molar-refractivity contribution in [3.8, 4) is 11.5 Å². The van der Waals surface area contributed by atoms with Gasteiger partial charge in [0.1, 0.15) is 5.82 Å². The first-order chi connectivity index (χ1) is 13.0. The van der Waals surface area contributed by atoms with Crippen LogP contribution in [0, 0.1) is 5.82 Å². The minimum atomic E-state index is -3.96. The van der Waals surface area contributed by atoms with Crippen LogP contribution in [-0.2, 0) is 15.3 Å². The molecule has 7 heteroatoms. The third-order valence-corrected chi connectivity index (χ3v) is 6.03. The minimum absolute atomic E-state index is 0.000994. The molecule has 2 aromatic carbocycles. The number of hydrogen-bond donors (Lipinski definition) is 0. The Labute approximate surface area is 164 Å². The normalized spacial score (nSPS) is 12.2. The van der Waals surface area contributed by atoms with Crippen LogP contribution in [0.1, 0.15) is 26.3 Å². The van der Waals surface area contributed by atoms with Crippen molar-refractivity contribution in [2.75, 3.05) is 19.0 Å². The molecule has 28 heavy (non-hydrogen) atoms. The first-order valence-electron chi connectivity index (χ1n) is 8.80. The second-order valence-electron chi connectivity index (χ2n) is 7.81. The van der Waals surface area contributed by atoms with E-state index >= 15 is 0 Å². The standard InChI is InChI=1S/C21H23FN2O3S/c1-21(2,3)15-8-6-14(7-9-15)18-23-19(20(27-18)24(4)5)28(25,26)17-12-10-16(22)11-13-17/h6-13H,1-5H3. The molecule has 5 nitrogen and oxygen atoms in total. The van der Waals surface area contributed by atoms with Gasteiger partial charge in [0.25, 0.3) is 0 Å². The zero-order valence-corrected chi connectivity index (χ0v) is 17.3. The molecule has 1 heterocycles. The lowest BCUT2D eigenvalue weighted by Gasteiger charge is -2.18. The van der Waals surface area contributed by atoms with Crippen molar-refractivity contribution in [3.05, 3.63) is 59.9 Å². The summed E-state index contributed by atoms with van der Waals surface area (Å²) in [5.74, 6) is -0.171. The summed E-state index contributed by atoms with van der Waals surface area (Å²) < 4.78 is 45.0. The largest absolute Gasteiger partial charge is 0.419 e. The van der Waals surface area contributed by atoms with Gasteiger partial charge in [-0.3, -0.25) is 0 Å². The maximum Gasteiger partial charge on any atom is 0.235 e. The Hall–Kier alpha value is -2.67. The van der Waals surface area contributed by atoms with Gasteiger partial charge in [-0.1, -0.05) is 32.9 Å². The molecule has 0 saturated carbocycles. The van der Waals surface area contributed by atoms with Gasteiger partial charge in [-0.15, -0.1) is 0 Å². The predicted octanol–water partition coefficient (Wildman–Crippen LogP) is 4.68. The number of anilines is 1. The summed E-state index contributed by atoms with van der Waals surface area (Å²) in [6.45, 7) is 6.35. The van der Waals surface area contributed by atoms with Crippen LogP contribution >= 0.6 is 0 Å². The number of sulfone groups is 1. The first-order valence-corrected chi connectivity index (χ1v) is 10.3. The van der Waals surface area contributed by atoms with Crippen LogP contribution < -0.4 is 4.90 Å². The maximum absolute atomic E-state index is 13.2. The summed E-state index contributed by atoms with van der Waals surface area (Å²) >= 11 is 0. The van der Waals surface area contributed by atoms with Gasteiger partial charge in [-0.2, -0.15) is 4.98 Å². The molecular formula is C21H23FN2O3S. The predicted molar refractivity (Wildman–Crippen MR) is 107 cm³/mol. The van der Waals surface area contributed by atoms with E-state index in [0.717, 1.165) is 17.7 Å². The molecule has 0 saturated heterocycles. The molecule has 148 valence electrons. The summed E-state index contributed by atoms with van der Waals surface area (Å²) in [4.78, 5) is 5.78. The third-order valence-electron chi connectivity index (χ3n) is 4.36. The Balaban J connectivity index is 2.09. The summed E-state index contributed by atoms with van der Waals surface area (Å²) in [6.07, 6.45) is 0. The molecule has 0 aliphatic heterocycles. The fourth-order valence-electron chi connectivity index (χ4n) is 2.72. The topological polar surface area (TPSA) is 63.4 Å². The third kappa shape index (κ3) is 3.80. The molecule has 0 spiro atoms. The highest BCUT2D eigenvalue weighted by Crippen LogP contribution is 2.34. The highest BCUT2D eigenvalue weighted by Gasteiger charge is 2.29. The Morgan fingerprint density at radius 3 is 2.04 bits per heavy atom. The quantitative estimate of drug-likeness (QED) is 0.593. The highest BCUT2D eigenvalue weighted by molar-refractivity contribution is 7.91. The van der Waals surface area contributed by atoms with Crippen molar-refractivity contribution < 1.29 is 17.2 Å². The van der Waals surface area contributed by atoms with Gasteiger partial charge in [0.05, 0.1) is 4.90 Å². The van der Waals surface area contributed by atoms with E-state index in [0.29, 0.717) is 5.56 Å². The number of oxazole rings is 1.